The van der Waals surface area contributed by atoms with Gasteiger partial charge in [0.1, 0.15) is 11.5 Å². The standard InChI is InChI=1S/C25H23N3O2P2/c1-31(26-16-6-7-17-26)29-24-14-4-2-12-22(24)23-13-3-5-15-25(23)30-32(27-18-8-9-19-27)28-20-10-11-21-28/h2-21H,1H3. The second-order valence-corrected chi connectivity index (χ2v) is 10.3. The van der Waals surface area contributed by atoms with Crippen LogP contribution in [0, 0.1) is 0 Å². The molecule has 1 unspecified atom stereocenters. The molecule has 0 N–H and O–H groups in total. The molecule has 0 saturated heterocycles. The lowest BCUT2D eigenvalue weighted by Crippen LogP contribution is -2.04. The molecular weight excluding hydrogens is 436 g/mol. The van der Waals surface area contributed by atoms with Gasteiger partial charge in [0.05, 0.1) is 0 Å². The Bertz CT molecular complexity index is 1220. The Morgan fingerprint density at radius 3 is 1.41 bits per heavy atom. The third-order valence-corrected chi connectivity index (χ3v) is 8.02. The number of hydrogen-bond acceptors (Lipinski definition) is 2. The summed E-state index contributed by atoms with van der Waals surface area (Å²) in [6, 6.07) is 28.4. The summed E-state index contributed by atoms with van der Waals surface area (Å²) in [5.74, 6) is 1.66. The van der Waals surface area contributed by atoms with E-state index in [0.29, 0.717) is 0 Å². The molecule has 5 aromatic rings. The first kappa shape index (κ1) is 20.6. The van der Waals surface area contributed by atoms with E-state index in [-0.39, 0.29) is 0 Å². The van der Waals surface area contributed by atoms with E-state index in [1.165, 1.54) is 0 Å². The van der Waals surface area contributed by atoms with Gasteiger partial charge in [-0.3, -0.25) is 8.68 Å². The smallest absolute Gasteiger partial charge is 0.317 e. The summed E-state index contributed by atoms with van der Waals surface area (Å²) in [4.78, 5) is 0. The van der Waals surface area contributed by atoms with Gasteiger partial charge in [-0.05, 0) is 48.5 Å². The Hall–Kier alpha value is -3.26. The lowest BCUT2D eigenvalue weighted by molar-refractivity contribution is 0.591. The maximum atomic E-state index is 6.66. The molecule has 0 aliphatic heterocycles. The van der Waals surface area contributed by atoms with E-state index in [4.69, 9.17) is 9.05 Å². The zero-order chi connectivity index (χ0) is 21.8. The molecule has 0 aliphatic rings. The molecule has 2 aromatic carbocycles. The van der Waals surface area contributed by atoms with Crippen molar-refractivity contribution in [3.63, 3.8) is 0 Å². The molecule has 3 heterocycles. The number of nitrogens with zero attached hydrogens (tertiary/aromatic N) is 3. The van der Waals surface area contributed by atoms with Crippen LogP contribution in [0.15, 0.2) is 122 Å². The lowest BCUT2D eigenvalue weighted by atomic mass is 10.0. The number of para-hydroxylation sites is 2. The highest BCUT2D eigenvalue weighted by atomic mass is 31.2. The monoisotopic (exact) mass is 459 g/mol. The Balaban J connectivity index is 1.50. The maximum Gasteiger partial charge on any atom is 0.317 e. The van der Waals surface area contributed by atoms with Crippen molar-refractivity contribution >= 4 is 16.7 Å². The molecule has 0 amide bonds. The van der Waals surface area contributed by atoms with E-state index in [0.717, 1.165) is 22.6 Å². The van der Waals surface area contributed by atoms with Gasteiger partial charge in [-0.25, -0.2) is 0 Å². The summed E-state index contributed by atoms with van der Waals surface area (Å²) in [6.07, 6.45) is 12.2. The molecule has 5 rings (SSSR count). The van der Waals surface area contributed by atoms with E-state index >= 15 is 0 Å². The Labute approximate surface area is 190 Å². The summed E-state index contributed by atoms with van der Waals surface area (Å²) >= 11 is 0. The molecular formula is C25H23N3O2P2. The van der Waals surface area contributed by atoms with Crippen LogP contribution in [0.25, 0.3) is 11.1 Å². The molecule has 32 heavy (non-hydrogen) atoms. The fourth-order valence-corrected chi connectivity index (χ4v) is 6.01. The molecule has 5 nitrogen and oxygen atoms in total. The van der Waals surface area contributed by atoms with Crippen molar-refractivity contribution in [1.29, 1.82) is 0 Å². The average molecular weight is 459 g/mol. The van der Waals surface area contributed by atoms with Gasteiger partial charge < -0.3 is 13.4 Å². The van der Waals surface area contributed by atoms with Crippen molar-refractivity contribution in [2.24, 2.45) is 0 Å². The van der Waals surface area contributed by atoms with E-state index < -0.39 is 16.7 Å². The summed E-state index contributed by atoms with van der Waals surface area (Å²) in [6.45, 7) is 2.10. The lowest BCUT2D eigenvalue weighted by Gasteiger charge is -2.23. The predicted molar refractivity (Wildman–Crippen MR) is 132 cm³/mol. The van der Waals surface area contributed by atoms with Crippen LogP contribution in [-0.4, -0.2) is 19.7 Å². The summed E-state index contributed by atoms with van der Waals surface area (Å²) in [5, 5.41) is 0. The maximum absolute atomic E-state index is 6.66. The second kappa shape index (κ2) is 9.48. The van der Waals surface area contributed by atoms with Crippen LogP contribution in [0.1, 0.15) is 0 Å². The third-order valence-electron chi connectivity index (χ3n) is 4.96. The van der Waals surface area contributed by atoms with E-state index in [1.54, 1.807) is 0 Å². The van der Waals surface area contributed by atoms with Crippen molar-refractivity contribution in [1.82, 2.24) is 13.0 Å². The van der Waals surface area contributed by atoms with Gasteiger partial charge >= 0.3 is 8.45 Å². The van der Waals surface area contributed by atoms with Crippen LogP contribution < -0.4 is 9.05 Å². The van der Waals surface area contributed by atoms with Crippen molar-refractivity contribution in [3.8, 4) is 22.6 Å². The fraction of sp³-hybridized carbons (Fsp3) is 0.0400. The molecule has 7 heteroatoms. The molecule has 1 atom stereocenters. The fourth-order valence-electron chi connectivity index (χ4n) is 3.42. The van der Waals surface area contributed by atoms with Gasteiger partial charge in [0.2, 0.25) is 0 Å². The highest BCUT2D eigenvalue weighted by molar-refractivity contribution is 7.50. The number of hydrogen-bond donors (Lipinski definition) is 0. The van der Waals surface area contributed by atoms with Crippen molar-refractivity contribution in [2.75, 3.05) is 6.66 Å². The molecule has 160 valence electrons. The molecule has 0 bridgehead atoms. The first-order chi connectivity index (χ1) is 15.8. The van der Waals surface area contributed by atoms with E-state index in [9.17, 15) is 0 Å². The Kier molecular flexibility index (Phi) is 6.11. The van der Waals surface area contributed by atoms with Gasteiger partial charge in [-0.1, -0.05) is 36.4 Å². The number of rotatable bonds is 8. The minimum Gasteiger partial charge on any atom is -0.452 e. The zero-order valence-electron chi connectivity index (χ0n) is 17.6. The normalized spacial score (nSPS) is 12.1. The van der Waals surface area contributed by atoms with Gasteiger partial charge in [0, 0.05) is 55.0 Å². The number of benzene rings is 2. The van der Waals surface area contributed by atoms with E-state index in [2.05, 4.69) is 31.8 Å². The van der Waals surface area contributed by atoms with Gasteiger partial charge in [-0.2, -0.15) is 0 Å². The van der Waals surface area contributed by atoms with Crippen LogP contribution >= 0.6 is 16.7 Å². The molecule has 0 radical (unpaired) electrons. The molecule has 0 saturated carbocycles. The van der Waals surface area contributed by atoms with Gasteiger partial charge in [0.25, 0.3) is 0 Å². The van der Waals surface area contributed by atoms with Gasteiger partial charge in [0.15, 0.2) is 8.30 Å². The quantitative estimate of drug-likeness (QED) is 0.228. The highest BCUT2D eigenvalue weighted by Crippen LogP contribution is 2.47. The Morgan fingerprint density at radius 2 is 0.906 bits per heavy atom. The molecule has 0 spiro atoms. The highest BCUT2D eigenvalue weighted by Gasteiger charge is 2.20. The van der Waals surface area contributed by atoms with Crippen molar-refractivity contribution < 1.29 is 9.05 Å². The first-order valence-electron chi connectivity index (χ1n) is 10.3. The number of aromatic nitrogens is 3. The predicted octanol–water partition coefficient (Wildman–Crippen LogP) is 7.33. The van der Waals surface area contributed by atoms with Crippen LogP contribution in [0.5, 0.6) is 11.5 Å². The van der Waals surface area contributed by atoms with Crippen LogP contribution in [0.4, 0.5) is 0 Å². The van der Waals surface area contributed by atoms with Crippen molar-refractivity contribution in [3.05, 3.63) is 122 Å². The molecule has 0 aliphatic carbocycles. The minimum absolute atomic E-state index is 0.818. The summed E-state index contributed by atoms with van der Waals surface area (Å²) in [5.41, 5.74) is 2.02. The van der Waals surface area contributed by atoms with Crippen LogP contribution in [0.2, 0.25) is 0 Å². The summed E-state index contributed by atoms with van der Waals surface area (Å²) < 4.78 is 19.4. The van der Waals surface area contributed by atoms with Crippen LogP contribution in [0.3, 0.4) is 0 Å². The van der Waals surface area contributed by atoms with Crippen molar-refractivity contribution in [2.45, 2.75) is 0 Å². The largest absolute Gasteiger partial charge is 0.452 e. The third kappa shape index (κ3) is 4.36. The van der Waals surface area contributed by atoms with Crippen LogP contribution in [-0.2, 0) is 0 Å². The first-order valence-corrected chi connectivity index (χ1v) is 13.1. The minimum atomic E-state index is -1.12. The SMILES string of the molecule is CP(Oc1ccccc1-c1ccccc1OP(n1cccc1)n1cccc1)n1cccc1. The topological polar surface area (TPSA) is 33.2 Å². The second-order valence-electron chi connectivity index (χ2n) is 7.08. The molecule has 0 fully saturated rings. The average Bonchev–Trinajstić information content (AvgIpc) is 3.62. The molecule has 3 aromatic heterocycles. The van der Waals surface area contributed by atoms with Gasteiger partial charge in [-0.15, -0.1) is 0 Å². The van der Waals surface area contributed by atoms with E-state index in [1.807, 2.05) is 110 Å². The Morgan fingerprint density at radius 1 is 0.500 bits per heavy atom. The zero-order valence-corrected chi connectivity index (χ0v) is 19.4. The summed E-state index contributed by atoms with van der Waals surface area (Å²) in [7, 11) is -1.96.